The summed E-state index contributed by atoms with van der Waals surface area (Å²) < 4.78 is 11.8. The van der Waals surface area contributed by atoms with Crippen LogP contribution in [-0.4, -0.2) is 47.1 Å². The Morgan fingerprint density at radius 3 is 2.93 bits per heavy atom. The largest absolute Gasteiger partial charge is 0.487 e. The molecule has 28 heavy (non-hydrogen) atoms. The zero-order chi connectivity index (χ0) is 19.7. The zero-order valence-electron chi connectivity index (χ0n) is 16.4. The molecule has 7 nitrogen and oxygen atoms in total. The molecule has 0 radical (unpaired) electrons. The Bertz CT molecular complexity index is 887. The van der Waals surface area contributed by atoms with Crippen LogP contribution in [0.3, 0.4) is 0 Å². The van der Waals surface area contributed by atoms with Gasteiger partial charge in [0.15, 0.2) is 0 Å². The van der Waals surface area contributed by atoms with Gasteiger partial charge in [-0.15, -0.1) is 0 Å². The van der Waals surface area contributed by atoms with Gasteiger partial charge in [-0.05, 0) is 44.4 Å². The summed E-state index contributed by atoms with van der Waals surface area (Å²) in [5.74, 6) is 1.56. The number of rotatable bonds is 6. The molecule has 3 N–H and O–H groups in total. The maximum absolute atomic E-state index is 8.68. The summed E-state index contributed by atoms with van der Waals surface area (Å²) >= 11 is 0. The Kier molecular flexibility index (Phi) is 4.93. The number of benzene rings is 1. The van der Waals surface area contributed by atoms with Gasteiger partial charge >= 0.3 is 0 Å². The summed E-state index contributed by atoms with van der Waals surface area (Å²) in [7, 11) is 0. The third-order valence-corrected chi connectivity index (χ3v) is 5.55. The number of nitrogen functional groups attached to an aromatic ring is 1. The quantitative estimate of drug-likeness (QED) is 0.587. The predicted octanol–water partition coefficient (Wildman–Crippen LogP) is 3.27. The van der Waals surface area contributed by atoms with Crippen LogP contribution in [0.15, 0.2) is 30.6 Å². The van der Waals surface area contributed by atoms with Gasteiger partial charge in [-0.2, -0.15) is 0 Å². The van der Waals surface area contributed by atoms with E-state index in [0.717, 1.165) is 43.9 Å². The summed E-state index contributed by atoms with van der Waals surface area (Å²) in [6.45, 7) is 6.41. The highest BCUT2D eigenvalue weighted by atomic mass is 16.5. The number of morpholine rings is 1. The van der Waals surface area contributed by atoms with Crippen LogP contribution in [0.5, 0.6) is 5.75 Å². The number of hydrogen-bond acceptors (Lipinski definition) is 7. The minimum Gasteiger partial charge on any atom is -0.487 e. The van der Waals surface area contributed by atoms with E-state index < -0.39 is 0 Å². The molecule has 1 saturated heterocycles. The van der Waals surface area contributed by atoms with Crippen LogP contribution in [0.2, 0.25) is 0 Å². The van der Waals surface area contributed by atoms with Crippen molar-refractivity contribution in [1.82, 2.24) is 9.97 Å². The topological polar surface area (TPSA) is 97.4 Å². The lowest BCUT2D eigenvalue weighted by molar-refractivity contribution is 0.0529. The molecular formula is C21H29N5O2. The number of ether oxygens (including phenoxy) is 2. The lowest BCUT2D eigenvalue weighted by Gasteiger charge is -2.32. The van der Waals surface area contributed by atoms with Gasteiger partial charge in [-0.1, -0.05) is 6.92 Å². The number of aromatic nitrogens is 2. The van der Waals surface area contributed by atoms with Gasteiger partial charge in [0.25, 0.3) is 0 Å². The van der Waals surface area contributed by atoms with Crippen LogP contribution in [0.4, 0.5) is 11.5 Å². The van der Waals surface area contributed by atoms with E-state index in [1.54, 1.807) is 6.07 Å². The fourth-order valence-electron chi connectivity index (χ4n) is 3.55. The first-order chi connectivity index (χ1) is 13.5. The Morgan fingerprint density at radius 1 is 1.39 bits per heavy atom. The predicted molar refractivity (Wildman–Crippen MR) is 111 cm³/mol. The minimum atomic E-state index is -0.0370. The molecule has 1 saturated carbocycles. The molecule has 0 amide bonds. The van der Waals surface area contributed by atoms with Gasteiger partial charge in [0, 0.05) is 31.8 Å². The number of nitrogens with one attached hydrogen (secondary N) is 1. The smallest absolute Gasteiger partial charge is 0.132 e. The summed E-state index contributed by atoms with van der Waals surface area (Å²) in [5.41, 5.74) is 8.12. The van der Waals surface area contributed by atoms with Crippen molar-refractivity contribution in [3.05, 3.63) is 41.9 Å². The van der Waals surface area contributed by atoms with Crippen molar-refractivity contribution in [3.8, 4) is 5.75 Å². The van der Waals surface area contributed by atoms with Crippen molar-refractivity contribution >= 4 is 17.2 Å². The fraction of sp³-hybridized carbons (Fsp3) is 0.476. The Hall–Kier alpha value is -2.67. The van der Waals surface area contributed by atoms with E-state index in [2.05, 4.69) is 21.8 Å². The molecule has 2 heterocycles. The van der Waals surface area contributed by atoms with Crippen LogP contribution in [0, 0.1) is 5.41 Å². The Balaban J connectivity index is 0.00000240. The van der Waals surface area contributed by atoms with E-state index in [4.69, 9.17) is 20.6 Å². The first-order valence-electron chi connectivity index (χ1n) is 9.86. The molecule has 1 aromatic carbocycles. The molecular weight excluding hydrogens is 354 g/mol. The molecule has 0 unspecified atom stereocenters. The summed E-state index contributed by atoms with van der Waals surface area (Å²) in [5, 5.41) is 8.68. The van der Waals surface area contributed by atoms with E-state index in [0.29, 0.717) is 23.6 Å². The molecule has 2 aliphatic rings. The van der Waals surface area contributed by atoms with Crippen molar-refractivity contribution < 1.29 is 10.9 Å². The van der Waals surface area contributed by atoms with Gasteiger partial charge in [0.1, 0.15) is 23.5 Å². The standard InChI is InChI=1S/C21H27N5O2.H2/c1-3-21(6-7-21)28-15-4-5-17(22)16(10-15)20(23)18-11-19(25-13-24-18)26-8-9-27-14(2)12-26;/h4-5,10-11,13-14,23H,3,6-9,12,22H2,1-2H3;1H/t14-;/m0./s1. The second-order valence-corrected chi connectivity index (χ2v) is 7.65. The second kappa shape index (κ2) is 7.39. The Morgan fingerprint density at radius 2 is 2.21 bits per heavy atom. The monoisotopic (exact) mass is 383 g/mol. The molecule has 1 aromatic heterocycles. The molecule has 0 spiro atoms. The van der Waals surface area contributed by atoms with Gasteiger partial charge in [-0.25, -0.2) is 9.97 Å². The van der Waals surface area contributed by atoms with Crippen molar-refractivity contribution in [3.63, 3.8) is 0 Å². The average molecular weight is 383 g/mol. The van der Waals surface area contributed by atoms with Crippen LogP contribution >= 0.6 is 0 Å². The van der Waals surface area contributed by atoms with E-state index in [9.17, 15) is 0 Å². The zero-order valence-corrected chi connectivity index (χ0v) is 16.4. The number of nitrogens with two attached hydrogens (primary N) is 1. The number of hydrogen-bond donors (Lipinski definition) is 2. The number of nitrogens with zero attached hydrogens (tertiary/aromatic N) is 3. The van der Waals surface area contributed by atoms with Crippen LogP contribution < -0.4 is 15.4 Å². The van der Waals surface area contributed by atoms with Gasteiger partial charge in [0.05, 0.1) is 24.1 Å². The SMILES string of the molecule is CCC1(Oc2ccc(N)c(C(=N)c3cc(N4CCO[C@@H](C)C4)ncn3)c2)CC1.[HH]. The van der Waals surface area contributed by atoms with E-state index in [-0.39, 0.29) is 18.8 Å². The molecule has 2 aromatic rings. The molecule has 0 bridgehead atoms. The highest BCUT2D eigenvalue weighted by Crippen LogP contribution is 2.43. The molecule has 1 aliphatic heterocycles. The highest BCUT2D eigenvalue weighted by molar-refractivity contribution is 6.13. The third kappa shape index (κ3) is 3.80. The number of anilines is 2. The van der Waals surface area contributed by atoms with E-state index in [1.165, 1.54) is 6.33 Å². The van der Waals surface area contributed by atoms with Crippen LogP contribution in [0.1, 0.15) is 45.8 Å². The van der Waals surface area contributed by atoms with Crippen LogP contribution in [-0.2, 0) is 4.74 Å². The van der Waals surface area contributed by atoms with Gasteiger partial charge in [0.2, 0.25) is 0 Å². The summed E-state index contributed by atoms with van der Waals surface area (Å²) in [6.07, 6.45) is 4.80. The maximum Gasteiger partial charge on any atom is 0.132 e. The maximum atomic E-state index is 8.68. The fourth-order valence-corrected chi connectivity index (χ4v) is 3.55. The molecule has 1 atom stereocenters. The molecule has 4 rings (SSSR count). The van der Waals surface area contributed by atoms with Crippen molar-refractivity contribution in [2.45, 2.75) is 44.8 Å². The first-order valence-corrected chi connectivity index (χ1v) is 9.86. The van der Waals surface area contributed by atoms with E-state index >= 15 is 0 Å². The molecule has 2 fully saturated rings. The highest BCUT2D eigenvalue weighted by Gasteiger charge is 2.43. The third-order valence-electron chi connectivity index (χ3n) is 5.55. The normalized spacial score (nSPS) is 20.6. The average Bonchev–Trinajstić information content (AvgIpc) is 3.49. The second-order valence-electron chi connectivity index (χ2n) is 7.65. The summed E-state index contributed by atoms with van der Waals surface area (Å²) in [4.78, 5) is 10.9. The van der Waals surface area contributed by atoms with Crippen molar-refractivity contribution in [2.75, 3.05) is 30.3 Å². The molecule has 1 aliphatic carbocycles. The molecule has 7 heteroatoms. The van der Waals surface area contributed by atoms with Gasteiger partial charge in [-0.3, -0.25) is 5.41 Å². The molecule has 150 valence electrons. The van der Waals surface area contributed by atoms with Gasteiger partial charge < -0.3 is 20.1 Å². The van der Waals surface area contributed by atoms with Crippen LogP contribution in [0.25, 0.3) is 0 Å². The van der Waals surface area contributed by atoms with Crippen molar-refractivity contribution in [2.24, 2.45) is 0 Å². The lowest BCUT2D eigenvalue weighted by Crippen LogP contribution is -2.41. The van der Waals surface area contributed by atoms with E-state index in [1.807, 2.05) is 25.1 Å². The summed E-state index contributed by atoms with van der Waals surface area (Å²) in [6, 6.07) is 7.38. The lowest BCUT2D eigenvalue weighted by atomic mass is 10.0. The first kappa shape index (κ1) is 18.7. The van der Waals surface area contributed by atoms with Crippen molar-refractivity contribution in [1.29, 1.82) is 5.41 Å². The Labute approximate surface area is 166 Å². The minimum absolute atomic E-state index is 0.